The molecule has 0 amide bonds. The Balaban J connectivity index is 1.70. The number of hydrogen-bond donors (Lipinski definition) is 0. The zero-order valence-corrected chi connectivity index (χ0v) is 14.3. The smallest absolute Gasteiger partial charge is 0.162 e. The second kappa shape index (κ2) is 9.53. The Labute approximate surface area is 142 Å². The van der Waals surface area contributed by atoms with E-state index >= 15 is 0 Å². The first-order chi connectivity index (χ1) is 10.7. The van der Waals surface area contributed by atoms with Gasteiger partial charge < -0.3 is 14.2 Å². The molecule has 0 saturated carbocycles. The fourth-order valence-electron chi connectivity index (χ4n) is 2.48. The lowest BCUT2D eigenvalue weighted by atomic mass is 10.1. The van der Waals surface area contributed by atoms with Gasteiger partial charge in [0.25, 0.3) is 0 Å². The van der Waals surface area contributed by atoms with Crippen LogP contribution in [0.25, 0.3) is 0 Å². The fourth-order valence-corrected chi connectivity index (χ4v) is 2.88. The fraction of sp³-hybridized carbons (Fsp3) is 0.529. The molecule has 1 aromatic rings. The van der Waals surface area contributed by atoms with E-state index in [1.165, 1.54) is 5.56 Å². The number of halogens is 2. The van der Waals surface area contributed by atoms with Crippen molar-refractivity contribution in [2.24, 2.45) is 0 Å². The van der Waals surface area contributed by atoms with E-state index in [4.69, 9.17) is 37.4 Å². The SMILES string of the molecule is CCOC1CC(=C(Cl)Cl)[C@H](CCCOCc2ccccc2)O1. The maximum absolute atomic E-state index is 5.94. The molecule has 1 saturated heterocycles. The number of ether oxygens (including phenoxy) is 3. The Kier molecular flexibility index (Phi) is 7.70. The molecule has 0 radical (unpaired) electrons. The van der Waals surface area contributed by atoms with Crippen molar-refractivity contribution in [2.75, 3.05) is 13.2 Å². The van der Waals surface area contributed by atoms with Crippen LogP contribution in [0.2, 0.25) is 0 Å². The van der Waals surface area contributed by atoms with Crippen molar-refractivity contribution in [3.63, 3.8) is 0 Å². The molecule has 1 fully saturated rings. The van der Waals surface area contributed by atoms with Crippen LogP contribution in [0.3, 0.4) is 0 Å². The molecule has 1 aliphatic rings. The third-order valence-corrected chi connectivity index (χ3v) is 4.04. The minimum absolute atomic E-state index is 0.0677. The van der Waals surface area contributed by atoms with Crippen LogP contribution in [0.1, 0.15) is 31.7 Å². The first kappa shape index (κ1) is 17.8. The van der Waals surface area contributed by atoms with Crippen LogP contribution in [-0.2, 0) is 20.8 Å². The average molecular weight is 345 g/mol. The van der Waals surface area contributed by atoms with E-state index in [-0.39, 0.29) is 12.4 Å². The maximum Gasteiger partial charge on any atom is 0.162 e. The summed E-state index contributed by atoms with van der Waals surface area (Å²) in [5, 5.41) is 0. The van der Waals surface area contributed by atoms with Crippen molar-refractivity contribution in [2.45, 2.75) is 45.2 Å². The average Bonchev–Trinajstić information content (AvgIpc) is 2.92. The van der Waals surface area contributed by atoms with Crippen molar-refractivity contribution < 1.29 is 14.2 Å². The van der Waals surface area contributed by atoms with Gasteiger partial charge in [0.2, 0.25) is 0 Å². The van der Waals surface area contributed by atoms with Gasteiger partial charge in [-0.25, -0.2) is 0 Å². The van der Waals surface area contributed by atoms with E-state index in [9.17, 15) is 0 Å². The van der Waals surface area contributed by atoms with Gasteiger partial charge >= 0.3 is 0 Å². The van der Waals surface area contributed by atoms with Crippen molar-refractivity contribution in [1.82, 2.24) is 0 Å². The first-order valence-electron chi connectivity index (χ1n) is 7.63. The molecule has 1 unspecified atom stereocenters. The van der Waals surface area contributed by atoms with Crippen LogP contribution < -0.4 is 0 Å². The van der Waals surface area contributed by atoms with Gasteiger partial charge in [-0.3, -0.25) is 0 Å². The molecule has 122 valence electrons. The van der Waals surface area contributed by atoms with Crippen LogP contribution in [0, 0.1) is 0 Å². The summed E-state index contributed by atoms with van der Waals surface area (Å²) in [6.07, 6.45) is 2.06. The van der Waals surface area contributed by atoms with Crippen LogP contribution in [0.5, 0.6) is 0 Å². The Morgan fingerprint density at radius 2 is 2.05 bits per heavy atom. The van der Waals surface area contributed by atoms with E-state index in [1.54, 1.807) is 0 Å². The van der Waals surface area contributed by atoms with E-state index in [0.717, 1.165) is 18.4 Å². The summed E-state index contributed by atoms with van der Waals surface area (Å²) in [7, 11) is 0. The summed E-state index contributed by atoms with van der Waals surface area (Å²) in [6, 6.07) is 10.1. The molecule has 0 aromatic heterocycles. The van der Waals surface area contributed by atoms with Gasteiger partial charge in [-0.15, -0.1) is 0 Å². The highest BCUT2D eigenvalue weighted by molar-refractivity contribution is 6.56. The summed E-state index contributed by atoms with van der Waals surface area (Å²) in [5.41, 5.74) is 2.12. The van der Waals surface area contributed by atoms with Crippen molar-refractivity contribution >= 4 is 23.2 Å². The summed E-state index contributed by atoms with van der Waals surface area (Å²) in [4.78, 5) is 0. The summed E-state index contributed by atoms with van der Waals surface area (Å²) < 4.78 is 17.3. The second-order valence-corrected chi connectivity index (χ2v) is 6.13. The normalized spacial score (nSPS) is 21.3. The maximum atomic E-state index is 5.94. The highest BCUT2D eigenvalue weighted by Crippen LogP contribution is 2.34. The second-order valence-electron chi connectivity index (χ2n) is 5.18. The van der Waals surface area contributed by atoms with Crippen LogP contribution in [0.4, 0.5) is 0 Å². The lowest BCUT2D eigenvalue weighted by Crippen LogP contribution is -2.15. The predicted octanol–water partition coefficient (Wildman–Crippen LogP) is 4.82. The third kappa shape index (κ3) is 5.56. The van der Waals surface area contributed by atoms with Gasteiger partial charge in [-0.2, -0.15) is 0 Å². The largest absolute Gasteiger partial charge is 0.377 e. The van der Waals surface area contributed by atoms with Gasteiger partial charge in [0, 0.05) is 19.6 Å². The van der Waals surface area contributed by atoms with Gasteiger partial charge in [-0.1, -0.05) is 53.5 Å². The van der Waals surface area contributed by atoms with Gasteiger partial charge in [-0.05, 0) is 30.9 Å². The predicted molar refractivity (Wildman–Crippen MR) is 89.0 cm³/mol. The molecule has 5 heteroatoms. The molecule has 2 rings (SSSR count). The number of benzene rings is 1. The van der Waals surface area contributed by atoms with Gasteiger partial charge in [0.05, 0.1) is 12.7 Å². The van der Waals surface area contributed by atoms with Crippen LogP contribution in [0.15, 0.2) is 40.4 Å². The molecule has 0 aliphatic carbocycles. The Morgan fingerprint density at radius 1 is 1.27 bits per heavy atom. The standard InChI is InChI=1S/C17H22Cl2O3/c1-2-21-16-11-14(17(18)19)15(22-16)9-6-10-20-12-13-7-4-3-5-8-13/h3-5,7-8,15-16H,2,6,9-12H2,1H3/t15-,16?/m0/s1. The molecule has 1 heterocycles. The molecule has 0 spiro atoms. The van der Waals surface area contributed by atoms with Crippen LogP contribution >= 0.6 is 23.2 Å². The van der Waals surface area contributed by atoms with E-state index in [2.05, 4.69) is 12.1 Å². The summed E-state index contributed by atoms with van der Waals surface area (Å²) >= 11 is 11.9. The lowest BCUT2D eigenvalue weighted by Gasteiger charge is -2.14. The Morgan fingerprint density at radius 3 is 2.73 bits per heavy atom. The highest BCUT2D eigenvalue weighted by atomic mass is 35.5. The zero-order chi connectivity index (χ0) is 15.8. The first-order valence-corrected chi connectivity index (χ1v) is 8.39. The lowest BCUT2D eigenvalue weighted by molar-refractivity contribution is -0.131. The number of rotatable bonds is 8. The minimum Gasteiger partial charge on any atom is -0.377 e. The minimum atomic E-state index is -0.234. The third-order valence-electron chi connectivity index (χ3n) is 3.55. The molecule has 1 aromatic carbocycles. The molecule has 1 aliphatic heterocycles. The van der Waals surface area contributed by atoms with Crippen molar-refractivity contribution in [1.29, 1.82) is 0 Å². The van der Waals surface area contributed by atoms with E-state index < -0.39 is 0 Å². The molecular formula is C17H22Cl2O3. The molecule has 2 atom stereocenters. The monoisotopic (exact) mass is 344 g/mol. The molecular weight excluding hydrogens is 323 g/mol. The summed E-state index contributed by atoms with van der Waals surface area (Å²) in [5.74, 6) is 0. The topological polar surface area (TPSA) is 27.7 Å². The van der Waals surface area contributed by atoms with E-state index in [1.807, 2.05) is 25.1 Å². The Hall–Kier alpha value is -0.580. The van der Waals surface area contributed by atoms with Gasteiger partial charge in [0.15, 0.2) is 6.29 Å². The molecule has 3 nitrogen and oxygen atoms in total. The molecule has 0 N–H and O–H groups in total. The van der Waals surface area contributed by atoms with Gasteiger partial charge in [0.1, 0.15) is 4.49 Å². The summed E-state index contributed by atoms with van der Waals surface area (Å²) in [6.45, 7) is 3.87. The van der Waals surface area contributed by atoms with Crippen LogP contribution in [-0.4, -0.2) is 25.6 Å². The van der Waals surface area contributed by atoms with E-state index in [0.29, 0.717) is 30.7 Å². The quantitative estimate of drug-likeness (QED) is 0.632. The molecule has 22 heavy (non-hydrogen) atoms. The Bertz CT molecular complexity index is 472. The van der Waals surface area contributed by atoms with Crippen molar-refractivity contribution in [3.8, 4) is 0 Å². The zero-order valence-electron chi connectivity index (χ0n) is 12.8. The molecule has 0 bridgehead atoms. The van der Waals surface area contributed by atoms with Crippen molar-refractivity contribution in [3.05, 3.63) is 46.0 Å². The highest BCUT2D eigenvalue weighted by Gasteiger charge is 2.31. The number of hydrogen-bond acceptors (Lipinski definition) is 3.